The van der Waals surface area contributed by atoms with Crippen molar-refractivity contribution in [3.8, 4) is 0 Å². The van der Waals surface area contributed by atoms with Crippen LogP contribution in [0.4, 0.5) is 16.8 Å². The maximum absolute atomic E-state index is 12.1. The number of hydrogen-bond acceptors (Lipinski definition) is 3. The lowest BCUT2D eigenvalue weighted by Gasteiger charge is -2.31. The Morgan fingerprint density at radius 3 is 1.89 bits per heavy atom. The fourth-order valence-electron chi connectivity index (χ4n) is 1.16. The van der Waals surface area contributed by atoms with Gasteiger partial charge in [0.05, 0.1) is 26.4 Å². The van der Waals surface area contributed by atoms with Crippen LogP contribution in [-0.2, 0) is 13.8 Å². The normalized spacial score (nSPS) is 12.4. The highest BCUT2D eigenvalue weighted by atomic mass is 31.2. The predicted octanol–water partition coefficient (Wildman–Crippen LogP) is 4.95. The molecule has 0 aliphatic rings. The van der Waals surface area contributed by atoms with Crippen LogP contribution < -0.4 is 0 Å². The summed E-state index contributed by atoms with van der Waals surface area (Å²) in [5, 5.41) is 0. The van der Waals surface area contributed by atoms with Gasteiger partial charge < -0.3 is 13.8 Å². The second kappa shape index (κ2) is 10.0. The Balaban J connectivity index is 4.43. The van der Waals surface area contributed by atoms with Crippen LogP contribution >= 0.6 is 17.5 Å². The van der Waals surface area contributed by atoms with Gasteiger partial charge in [0.15, 0.2) is 0 Å². The fourth-order valence-corrected chi connectivity index (χ4v) is 1.90. The van der Waals surface area contributed by atoms with Crippen molar-refractivity contribution in [1.29, 1.82) is 0 Å². The highest BCUT2D eigenvalue weighted by molar-refractivity contribution is 7.40. The van der Waals surface area contributed by atoms with E-state index in [1.807, 2.05) is 0 Å². The number of halogens is 4. The predicted molar refractivity (Wildman–Crippen MR) is 63.9 cm³/mol. The molecule has 0 aromatic heterocycles. The fraction of sp³-hybridized carbons (Fsp3) is 0.778. The van der Waals surface area contributed by atoms with Crippen molar-refractivity contribution >= 4 is 17.5 Å². The van der Waals surface area contributed by atoms with Gasteiger partial charge in [-0.05, 0) is 6.42 Å². The molecule has 0 spiro atoms. The first-order chi connectivity index (χ1) is 8.45. The third-order valence-electron chi connectivity index (χ3n) is 2.33. The van der Waals surface area contributed by atoms with Crippen molar-refractivity contribution < 1.29 is 30.6 Å². The number of rotatable bonds is 11. The van der Waals surface area contributed by atoms with Gasteiger partial charge in [-0.2, -0.15) is 16.8 Å². The second-order valence-corrected chi connectivity index (χ2v) is 4.93. The van der Waals surface area contributed by atoms with Gasteiger partial charge in [0, 0.05) is 5.41 Å². The second-order valence-electron chi connectivity index (χ2n) is 3.61. The molecular weight excluding hydrogens is 294 g/mol. The van der Waals surface area contributed by atoms with Gasteiger partial charge in [-0.15, -0.1) is 6.58 Å². The quantitative estimate of drug-likeness (QED) is 0.234. The molecule has 9 heteroatoms. The summed E-state index contributed by atoms with van der Waals surface area (Å²) >= 11 is 0. The van der Waals surface area contributed by atoms with E-state index in [9.17, 15) is 16.8 Å². The zero-order valence-corrected chi connectivity index (χ0v) is 11.7. The Kier molecular flexibility index (Phi) is 10.2. The minimum absolute atomic E-state index is 0.00185. The maximum atomic E-state index is 12.1. The van der Waals surface area contributed by atoms with Gasteiger partial charge in [-0.25, -0.2) is 0 Å². The first kappa shape index (κ1) is 18.2. The van der Waals surface area contributed by atoms with Gasteiger partial charge in [-0.3, -0.25) is 0 Å². The highest BCUT2D eigenvalue weighted by Crippen LogP contribution is 2.45. The van der Waals surface area contributed by atoms with Crippen molar-refractivity contribution in [3.05, 3.63) is 12.7 Å². The van der Waals surface area contributed by atoms with Crippen LogP contribution in [0.1, 0.15) is 13.3 Å². The van der Waals surface area contributed by atoms with Crippen molar-refractivity contribution in [3.63, 3.8) is 0 Å². The topological polar surface area (TPSA) is 27.7 Å². The summed E-state index contributed by atoms with van der Waals surface area (Å²) < 4.78 is 62.0. The molecule has 0 amide bonds. The molecule has 0 aliphatic heterocycles. The van der Waals surface area contributed by atoms with Gasteiger partial charge in [0.1, 0.15) is 0 Å². The van der Waals surface area contributed by atoms with Gasteiger partial charge in [0.25, 0.3) is 0 Å². The van der Waals surface area contributed by atoms with E-state index in [1.54, 1.807) is 6.92 Å². The zero-order valence-electron chi connectivity index (χ0n) is 9.95. The third-order valence-corrected chi connectivity index (χ3v) is 2.98. The lowest BCUT2D eigenvalue weighted by Crippen LogP contribution is -2.35. The van der Waals surface area contributed by atoms with E-state index in [0.717, 1.165) is 0 Å². The average Bonchev–Trinajstić information content (AvgIpc) is 2.32. The minimum atomic E-state index is -3.53. The van der Waals surface area contributed by atoms with Crippen LogP contribution in [0, 0.1) is 5.41 Å². The Hall–Kier alpha value is 0.200. The molecule has 0 saturated heterocycles. The van der Waals surface area contributed by atoms with Gasteiger partial charge >= 0.3 is 17.5 Å². The molecule has 0 atom stereocenters. The van der Waals surface area contributed by atoms with Crippen molar-refractivity contribution in [1.82, 2.24) is 0 Å². The molecular formula is C9H16F4O3P2. The maximum Gasteiger partial charge on any atom is 0.415 e. The number of hydrogen-bond donors (Lipinski definition) is 0. The van der Waals surface area contributed by atoms with Crippen LogP contribution in [0.2, 0.25) is 0 Å². The van der Waals surface area contributed by atoms with E-state index in [1.165, 1.54) is 6.08 Å². The molecule has 0 aliphatic carbocycles. The summed E-state index contributed by atoms with van der Waals surface area (Å²) in [5.74, 6) is 0. The first-order valence-electron chi connectivity index (χ1n) is 5.13. The molecule has 0 unspecified atom stereocenters. The summed E-state index contributed by atoms with van der Waals surface area (Å²) in [6.07, 6.45) is 1.81. The minimum Gasteiger partial charge on any atom is -0.377 e. The first-order valence-corrected chi connectivity index (χ1v) is 7.22. The summed E-state index contributed by atoms with van der Waals surface area (Å²) in [7, 11) is -7.06. The van der Waals surface area contributed by atoms with Crippen LogP contribution in [0.3, 0.4) is 0 Å². The Morgan fingerprint density at radius 2 is 1.56 bits per heavy atom. The standard InChI is InChI=1S/C9H16F4O3P2/c1-3-5-14-6-9(4-2,7-15-17(10)11)8-16-18(12)13/h3H,1,4-8H2,2H3. The van der Waals surface area contributed by atoms with E-state index in [2.05, 4.69) is 15.6 Å². The van der Waals surface area contributed by atoms with Crippen molar-refractivity contribution in [2.45, 2.75) is 13.3 Å². The van der Waals surface area contributed by atoms with E-state index < -0.39 is 23.0 Å². The molecule has 0 bridgehead atoms. The molecule has 3 nitrogen and oxygen atoms in total. The van der Waals surface area contributed by atoms with Gasteiger partial charge in [-0.1, -0.05) is 13.0 Å². The van der Waals surface area contributed by atoms with Crippen LogP contribution in [0.5, 0.6) is 0 Å². The number of ether oxygens (including phenoxy) is 1. The largest absolute Gasteiger partial charge is 0.415 e. The Morgan fingerprint density at radius 1 is 1.06 bits per heavy atom. The zero-order chi connectivity index (χ0) is 14.0. The molecule has 108 valence electrons. The lowest BCUT2D eigenvalue weighted by atomic mass is 9.88. The van der Waals surface area contributed by atoms with E-state index >= 15 is 0 Å². The molecule has 0 radical (unpaired) electrons. The SMILES string of the molecule is C=CCOCC(CC)(COP(F)F)COP(F)F. The summed E-state index contributed by atoms with van der Waals surface area (Å²) in [6, 6.07) is 0. The molecule has 0 fully saturated rings. The molecule has 0 aromatic rings. The summed E-state index contributed by atoms with van der Waals surface area (Å²) in [4.78, 5) is 0. The van der Waals surface area contributed by atoms with Crippen LogP contribution in [-0.4, -0.2) is 26.4 Å². The molecule has 0 rings (SSSR count). The average molecular weight is 310 g/mol. The third kappa shape index (κ3) is 8.33. The van der Waals surface area contributed by atoms with Gasteiger partial charge in [0.2, 0.25) is 0 Å². The molecule has 0 aromatic carbocycles. The Labute approximate surface area is 107 Å². The summed E-state index contributed by atoms with van der Waals surface area (Å²) in [5.41, 5.74) is -0.986. The van der Waals surface area contributed by atoms with Crippen molar-refractivity contribution in [2.24, 2.45) is 5.41 Å². The van der Waals surface area contributed by atoms with Crippen molar-refractivity contribution in [2.75, 3.05) is 26.4 Å². The van der Waals surface area contributed by atoms with E-state index in [4.69, 9.17) is 4.74 Å². The molecule has 0 saturated carbocycles. The Bertz CT molecular complexity index is 220. The highest BCUT2D eigenvalue weighted by Gasteiger charge is 2.32. The van der Waals surface area contributed by atoms with E-state index in [-0.39, 0.29) is 26.4 Å². The lowest BCUT2D eigenvalue weighted by molar-refractivity contribution is -0.00912. The molecule has 0 N–H and O–H groups in total. The molecule has 0 heterocycles. The van der Waals surface area contributed by atoms with Crippen LogP contribution in [0.15, 0.2) is 12.7 Å². The molecule has 18 heavy (non-hydrogen) atoms. The summed E-state index contributed by atoms with van der Waals surface area (Å²) in [6.45, 7) is 4.58. The smallest absolute Gasteiger partial charge is 0.377 e. The van der Waals surface area contributed by atoms with Crippen LogP contribution in [0.25, 0.3) is 0 Å². The van der Waals surface area contributed by atoms with E-state index in [0.29, 0.717) is 6.42 Å². The monoisotopic (exact) mass is 310 g/mol.